The number of hydrogen-bond donors (Lipinski definition) is 0. The minimum atomic E-state index is 0.266. The monoisotopic (exact) mass is 117 g/mol. The minimum Gasteiger partial charge on any atom is -0.413 e. The molecule has 0 heterocycles. The van der Waals surface area contributed by atoms with E-state index in [-0.39, 0.29) is 6.47 Å². The molecule has 0 radical (unpaired) electrons. The standard InChI is InChI=1S/C4H7NO3/c1-2-8-5-3-7-4-6/h3-4H,2H2,1H3. The normalized spacial score (nSPS) is 9.12. The Bertz CT molecular complexity index is 81.4. The minimum absolute atomic E-state index is 0.266. The zero-order valence-corrected chi connectivity index (χ0v) is 4.53. The van der Waals surface area contributed by atoms with E-state index in [4.69, 9.17) is 0 Å². The van der Waals surface area contributed by atoms with Gasteiger partial charge in [0.15, 0.2) is 0 Å². The van der Waals surface area contributed by atoms with Crippen LogP contribution in [0.1, 0.15) is 6.92 Å². The topological polar surface area (TPSA) is 47.9 Å². The fraction of sp³-hybridized carbons (Fsp3) is 0.500. The molecule has 0 saturated carbocycles. The summed E-state index contributed by atoms with van der Waals surface area (Å²) in [5, 5.41) is 3.20. The van der Waals surface area contributed by atoms with E-state index < -0.39 is 0 Å². The molecule has 0 aliphatic heterocycles. The third-order valence-corrected chi connectivity index (χ3v) is 0.363. The first kappa shape index (κ1) is 6.94. The largest absolute Gasteiger partial charge is 0.413 e. The second-order valence-electron chi connectivity index (χ2n) is 0.861. The fourth-order valence-corrected chi connectivity index (χ4v) is 0.155. The highest BCUT2D eigenvalue weighted by atomic mass is 16.6. The molecule has 0 aliphatic carbocycles. The van der Waals surface area contributed by atoms with E-state index in [9.17, 15) is 4.79 Å². The first-order chi connectivity index (χ1) is 3.91. The Balaban J connectivity index is 2.94. The summed E-state index contributed by atoms with van der Waals surface area (Å²) >= 11 is 0. The highest BCUT2D eigenvalue weighted by molar-refractivity contribution is 5.59. The molecule has 0 spiro atoms. The van der Waals surface area contributed by atoms with Gasteiger partial charge >= 0.3 is 0 Å². The average Bonchev–Trinajstić information content (AvgIpc) is 1.81. The molecule has 0 N–H and O–H groups in total. The maximum atomic E-state index is 9.40. The molecule has 0 saturated heterocycles. The van der Waals surface area contributed by atoms with Gasteiger partial charge in [-0.2, -0.15) is 0 Å². The first-order valence-corrected chi connectivity index (χ1v) is 2.14. The fourth-order valence-electron chi connectivity index (χ4n) is 0.155. The first-order valence-electron chi connectivity index (χ1n) is 2.14. The van der Waals surface area contributed by atoms with Crippen molar-refractivity contribution in [3.63, 3.8) is 0 Å². The molecule has 0 unspecified atom stereocenters. The van der Waals surface area contributed by atoms with Gasteiger partial charge in [0.1, 0.15) is 6.61 Å². The summed E-state index contributed by atoms with van der Waals surface area (Å²) < 4.78 is 4.04. The summed E-state index contributed by atoms with van der Waals surface area (Å²) in [5.74, 6) is 0. The number of carbonyl (C=O) groups excluding carboxylic acids is 1. The van der Waals surface area contributed by atoms with E-state index >= 15 is 0 Å². The van der Waals surface area contributed by atoms with Crippen LogP contribution in [0.4, 0.5) is 0 Å². The summed E-state index contributed by atoms with van der Waals surface area (Å²) in [5.41, 5.74) is 0. The van der Waals surface area contributed by atoms with E-state index in [0.717, 1.165) is 6.40 Å². The zero-order valence-electron chi connectivity index (χ0n) is 4.53. The Morgan fingerprint density at radius 1 is 1.75 bits per heavy atom. The van der Waals surface area contributed by atoms with Gasteiger partial charge in [0, 0.05) is 0 Å². The van der Waals surface area contributed by atoms with Crippen molar-refractivity contribution in [3.8, 4) is 0 Å². The molecule has 0 rings (SSSR count). The molecule has 0 bridgehead atoms. The molecule has 0 fully saturated rings. The van der Waals surface area contributed by atoms with Crippen LogP contribution in [0.3, 0.4) is 0 Å². The lowest BCUT2D eigenvalue weighted by molar-refractivity contribution is -0.121. The van der Waals surface area contributed by atoms with Crippen molar-refractivity contribution in [2.45, 2.75) is 6.92 Å². The third-order valence-electron chi connectivity index (χ3n) is 0.363. The lowest BCUT2D eigenvalue weighted by Crippen LogP contribution is -1.84. The van der Waals surface area contributed by atoms with Crippen LogP contribution in [0, 0.1) is 0 Å². The van der Waals surface area contributed by atoms with Crippen molar-refractivity contribution in [2.75, 3.05) is 6.61 Å². The van der Waals surface area contributed by atoms with Crippen LogP contribution in [0.15, 0.2) is 5.16 Å². The Kier molecular flexibility index (Phi) is 5.15. The maximum absolute atomic E-state index is 9.40. The molecule has 0 atom stereocenters. The van der Waals surface area contributed by atoms with Crippen LogP contribution in [-0.4, -0.2) is 19.5 Å². The molecule has 4 nitrogen and oxygen atoms in total. The van der Waals surface area contributed by atoms with E-state index in [1.54, 1.807) is 6.92 Å². The van der Waals surface area contributed by atoms with E-state index in [2.05, 4.69) is 14.7 Å². The smallest absolute Gasteiger partial charge is 0.299 e. The Hall–Kier alpha value is -1.06. The zero-order chi connectivity index (χ0) is 6.24. The third kappa shape index (κ3) is 4.94. The van der Waals surface area contributed by atoms with Gasteiger partial charge in [-0.25, -0.2) is 0 Å². The Morgan fingerprint density at radius 3 is 3.00 bits per heavy atom. The predicted molar refractivity (Wildman–Crippen MR) is 27.3 cm³/mol. The predicted octanol–water partition coefficient (Wildman–Crippen LogP) is 0.139. The molecular formula is C4H7NO3. The lowest BCUT2D eigenvalue weighted by atomic mass is 10.9. The van der Waals surface area contributed by atoms with Crippen molar-refractivity contribution in [2.24, 2.45) is 5.16 Å². The number of hydrogen-bond acceptors (Lipinski definition) is 4. The number of carbonyl (C=O) groups is 1. The van der Waals surface area contributed by atoms with Crippen LogP contribution in [0.25, 0.3) is 0 Å². The molecule has 0 aliphatic rings. The van der Waals surface area contributed by atoms with Gasteiger partial charge in [-0.15, -0.1) is 0 Å². The van der Waals surface area contributed by atoms with Crippen LogP contribution in [-0.2, 0) is 14.4 Å². The van der Waals surface area contributed by atoms with E-state index in [1.807, 2.05) is 0 Å². The molecule has 0 aromatic rings. The van der Waals surface area contributed by atoms with E-state index in [0.29, 0.717) is 6.61 Å². The molecule has 8 heavy (non-hydrogen) atoms. The second-order valence-corrected chi connectivity index (χ2v) is 0.861. The summed E-state index contributed by atoms with van der Waals surface area (Å²) in [6.45, 7) is 2.51. The van der Waals surface area contributed by atoms with Gasteiger partial charge in [-0.05, 0) is 6.92 Å². The van der Waals surface area contributed by atoms with Crippen molar-refractivity contribution in [1.82, 2.24) is 0 Å². The Labute approximate surface area is 47.1 Å². The molecule has 0 aromatic heterocycles. The van der Waals surface area contributed by atoms with Gasteiger partial charge in [0.05, 0.1) is 0 Å². The van der Waals surface area contributed by atoms with Gasteiger partial charge < -0.3 is 9.57 Å². The van der Waals surface area contributed by atoms with Gasteiger partial charge in [-0.1, -0.05) is 5.16 Å². The molecular weight excluding hydrogens is 110 g/mol. The van der Waals surface area contributed by atoms with Gasteiger partial charge in [0.2, 0.25) is 6.40 Å². The summed E-state index contributed by atoms with van der Waals surface area (Å²) in [4.78, 5) is 13.8. The second kappa shape index (κ2) is 5.94. The maximum Gasteiger partial charge on any atom is 0.299 e. The van der Waals surface area contributed by atoms with Gasteiger partial charge in [-0.3, -0.25) is 4.79 Å². The highest BCUT2D eigenvalue weighted by Crippen LogP contribution is 1.69. The number of oxime groups is 1. The van der Waals surface area contributed by atoms with Crippen LogP contribution in [0.5, 0.6) is 0 Å². The van der Waals surface area contributed by atoms with Crippen molar-refractivity contribution in [1.29, 1.82) is 0 Å². The number of nitrogens with zero attached hydrogens (tertiary/aromatic N) is 1. The van der Waals surface area contributed by atoms with Crippen LogP contribution in [0.2, 0.25) is 0 Å². The van der Waals surface area contributed by atoms with Crippen molar-refractivity contribution in [3.05, 3.63) is 0 Å². The molecule has 0 aromatic carbocycles. The SMILES string of the molecule is CCON=COC=O. The lowest BCUT2D eigenvalue weighted by Gasteiger charge is -1.86. The average molecular weight is 117 g/mol. The highest BCUT2D eigenvalue weighted by Gasteiger charge is 1.69. The quantitative estimate of drug-likeness (QED) is 0.228. The van der Waals surface area contributed by atoms with Crippen LogP contribution < -0.4 is 0 Å². The van der Waals surface area contributed by atoms with Crippen LogP contribution >= 0.6 is 0 Å². The Morgan fingerprint density at radius 2 is 2.50 bits per heavy atom. The molecule has 0 amide bonds. The van der Waals surface area contributed by atoms with Crippen molar-refractivity contribution >= 4 is 12.9 Å². The summed E-state index contributed by atoms with van der Waals surface area (Å²) in [6.07, 6.45) is 0.927. The summed E-state index contributed by atoms with van der Waals surface area (Å²) in [7, 11) is 0. The number of rotatable bonds is 4. The summed E-state index contributed by atoms with van der Waals surface area (Å²) in [6, 6.07) is 0. The molecule has 4 heteroatoms. The molecule has 46 valence electrons. The van der Waals surface area contributed by atoms with Gasteiger partial charge in [0.25, 0.3) is 6.47 Å². The van der Waals surface area contributed by atoms with E-state index in [1.165, 1.54) is 0 Å². The van der Waals surface area contributed by atoms with Crippen molar-refractivity contribution < 1.29 is 14.4 Å². The number of ether oxygens (including phenoxy) is 1.